The van der Waals surface area contributed by atoms with Gasteiger partial charge < -0.3 is 9.73 Å². The highest BCUT2D eigenvalue weighted by molar-refractivity contribution is 6.30. The van der Waals surface area contributed by atoms with Crippen molar-refractivity contribution in [3.05, 3.63) is 41.1 Å². The number of hydrogen-bond acceptors (Lipinski definition) is 3. The predicted octanol–water partition coefficient (Wildman–Crippen LogP) is 2.29. The van der Waals surface area contributed by atoms with Crippen molar-refractivity contribution >= 4 is 11.6 Å². The van der Waals surface area contributed by atoms with Crippen LogP contribution in [-0.4, -0.2) is 16.3 Å². The summed E-state index contributed by atoms with van der Waals surface area (Å²) in [4.78, 5) is 0. The molecule has 16 heavy (non-hydrogen) atoms. The van der Waals surface area contributed by atoms with Gasteiger partial charge in [0.2, 0.25) is 0 Å². The summed E-state index contributed by atoms with van der Waals surface area (Å²) in [5.74, 6) is 0.882. The summed E-state index contributed by atoms with van der Waals surface area (Å²) in [5, 5.41) is 7.97. The van der Waals surface area contributed by atoms with Gasteiger partial charge in [-0.2, -0.15) is 5.10 Å². The zero-order valence-electron chi connectivity index (χ0n) is 9.11. The Morgan fingerprint density at radius 1 is 1.56 bits per heavy atom. The maximum atomic E-state index is 5.78. The van der Waals surface area contributed by atoms with Gasteiger partial charge in [-0.15, -0.1) is 0 Å². The fourth-order valence-corrected chi connectivity index (χ4v) is 1.61. The lowest BCUT2D eigenvalue weighted by Crippen LogP contribution is -2.10. The van der Waals surface area contributed by atoms with Crippen LogP contribution in [0.15, 0.2) is 29.1 Å². The van der Waals surface area contributed by atoms with Crippen molar-refractivity contribution in [3.63, 3.8) is 0 Å². The second-order valence-corrected chi connectivity index (χ2v) is 3.99. The van der Waals surface area contributed by atoms with Crippen molar-refractivity contribution in [2.24, 2.45) is 0 Å². The molecule has 0 saturated carbocycles. The van der Waals surface area contributed by atoms with Crippen LogP contribution < -0.4 is 5.32 Å². The summed E-state index contributed by atoms with van der Waals surface area (Å²) in [6.07, 6.45) is 5.15. The Labute approximate surface area is 99.2 Å². The number of rotatable bonds is 5. The summed E-state index contributed by atoms with van der Waals surface area (Å²) in [5.41, 5.74) is 1.15. The predicted molar refractivity (Wildman–Crippen MR) is 62.4 cm³/mol. The van der Waals surface area contributed by atoms with Crippen LogP contribution in [0.3, 0.4) is 0 Å². The maximum absolute atomic E-state index is 5.78. The Balaban J connectivity index is 1.97. The van der Waals surface area contributed by atoms with Crippen LogP contribution >= 0.6 is 11.6 Å². The third kappa shape index (κ3) is 2.87. The molecule has 5 heteroatoms. The van der Waals surface area contributed by atoms with Crippen molar-refractivity contribution in [3.8, 4) is 0 Å². The third-order valence-electron chi connectivity index (χ3n) is 2.21. The second-order valence-electron chi connectivity index (χ2n) is 3.56. The molecule has 4 nitrogen and oxygen atoms in total. The summed E-state index contributed by atoms with van der Waals surface area (Å²) >= 11 is 5.78. The molecule has 2 aromatic rings. The van der Waals surface area contributed by atoms with Gasteiger partial charge in [0, 0.05) is 18.3 Å². The van der Waals surface area contributed by atoms with Crippen LogP contribution in [-0.2, 0) is 13.1 Å². The molecular formula is C11H14ClN3O. The topological polar surface area (TPSA) is 43.0 Å². The van der Waals surface area contributed by atoms with Crippen molar-refractivity contribution < 1.29 is 4.42 Å². The highest BCUT2D eigenvalue weighted by atomic mass is 35.5. The number of halogens is 1. The molecule has 0 amide bonds. The minimum absolute atomic E-state index is 0.610. The second kappa shape index (κ2) is 5.18. The SMILES string of the molecule is CCNCc1coc(Cn2cc(Cl)cn2)c1. The van der Waals surface area contributed by atoms with Crippen LogP contribution in [0.4, 0.5) is 0 Å². The van der Waals surface area contributed by atoms with Crippen LogP contribution in [0.5, 0.6) is 0 Å². The lowest BCUT2D eigenvalue weighted by molar-refractivity contribution is 0.478. The molecule has 2 heterocycles. The summed E-state index contributed by atoms with van der Waals surface area (Å²) < 4.78 is 7.18. The molecular weight excluding hydrogens is 226 g/mol. The van der Waals surface area contributed by atoms with Gasteiger partial charge in [0.15, 0.2) is 0 Å². The van der Waals surface area contributed by atoms with E-state index in [9.17, 15) is 0 Å². The quantitative estimate of drug-likeness (QED) is 0.871. The number of hydrogen-bond donors (Lipinski definition) is 1. The first-order valence-electron chi connectivity index (χ1n) is 5.23. The van der Waals surface area contributed by atoms with Crippen LogP contribution in [0.1, 0.15) is 18.2 Å². The van der Waals surface area contributed by atoms with Gasteiger partial charge in [0.1, 0.15) is 5.76 Å². The first kappa shape index (κ1) is 11.2. The monoisotopic (exact) mass is 239 g/mol. The molecule has 0 spiro atoms. The maximum Gasteiger partial charge on any atom is 0.125 e. The normalized spacial score (nSPS) is 10.9. The van der Waals surface area contributed by atoms with E-state index in [1.54, 1.807) is 23.3 Å². The number of furan rings is 1. The Morgan fingerprint density at radius 2 is 2.44 bits per heavy atom. The van der Waals surface area contributed by atoms with E-state index in [1.807, 2.05) is 6.07 Å². The molecule has 0 radical (unpaired) electrons. The molecule has 0 aromatic carbocycles. The van der Waals surface area contributed by atoms with E-state index in [4.69, 9.17) is 16.0 Å². The number of nitrogens with one attached hydrogen (secondary N) is 1. The fourth-order valence-electron chi connectivity index (χ4n) is 1.46. The average molecular weight is 240 g/mol. The molecule has 0 unspecified atom stereocenters. The Hall–Kier alpha value is -1.26. The molecule has 2 aromatic heterocycles. The Morgan fingerprint density at radius 3 is 3.12 bits per heavy atom. The lowest BCUT2D eigenvalue weighted by atomic mass is 10.3. The van der Waals surface area contributed by atoms with E-state index >= 15 is 0 Å². The third-order valence-corrected chi connectivity index (χ3v) is 2.40. The van der Waals surface area contributed by atoms with Gasteiger partial charge in [-0.1, -0.05) is 18.5 Å². The average Bonchev–Trinajstić information content (AvgIpc) is 2.86. The van der Waals surface area contributed by atoms with Gasteiger partial charge in [0.25, 0.3) is 0 Å². The van der Waals surface area contributed by atoms with E-state index in [2.05, 4.69) is 17.3 Å². The van der Waals surface area contributed by atoms with Gasteiger partial charge in [-0.25, -0.2) is 0 Å². The van der Waals surface area contributed by atoms with E-state index < -0.39 is 0 Å². The van der Waals surface area contributed by atoms with E-state index in [-0.39, 0.29) is 0 Å². The molecule has 0 aliphatic heterocycles. The number of aromatic nitrogens is 2. The lowest BCUT2D eigenvalue weighted by Gasteiger charge is -1.96. The van der Waals surface area contributed by atoms with Gasteiger partial charge in [-0.3, -0.25) is 4.68 Å². The molecule has 0 aliphatic rings. The molecule has 0 fully saturated rings. The highest BCUT2D eigenvalue weighted by Crippen LogP contribution is 2.11. The van der Waals surface area contributed by atoms with Crippen LogP contribution in [0.25, 0.3) is 0 Å². The fraction of sp³-hybridized carbons (Fsp3) is 0.364. The minimum atomic E-state index is 0.610. The standard InChI is InChI=1S/C11H14ClN3O/c1-2-13-4-9-3-11(16-8-9)7-15-6-10(12)5-14-15/h3,5-6,8,13H,2,4,7H2,1H3. The first-order valence-corrected chi connectivity index (χ1v) is 5.60. The zero-order chi connectivity index (χ0) is 11.4. The Bertz CT molecular complexity index is 450. The smallest absolute Gasteiger partial charge is 0.125 e. The van der Waals surface area contributed by atoms with Gasteiger partial charge in [-0.05, 0) is 12.6 Å². The van der Waals surface area contributed by atoms with Gasteiger partial charge in [0.05, 0.1) is 24.0 Å². The molecule has 0 bridgehead atoms. The van der Waals surface area contributed by atoms with E-state index in [1.165, 1.54) is 0 Å². The molecule has 0 atom stereocenters. The van der Waals surface area contributed by atoms with Gasteiger partial charge >= 0.3 is 0 Å². The molecule has 2 rings (SSSR count). The molecule has 0 saturated heterocycles. The summed E-state index contributed by atoms with van der Waals surface area (Å²) in [6.45, 7) is 4.47. The minimum Gasteiger partial charge on any atom is -0.467 e. The zero-order valence-corrected chi connectivity index (χ0v) is 9.87. The van der Waals surface area contributed by atoms with E-state index in [0.29, 0.717) is 11.6 Å². The largest absolute Gasteiger partial charge is 0.467 e. The highest BCUT2D eigenvalue weighted by Gasteiger charge is 2.03. The molecule has 0 aliphatic carbocycles. The van der Waals surface area contributed by atoms with E-state index in [0.717, 1.165) is 24.4 Å². The first-order chi connectivity index (χ1) is 7.78. The van der Waals surface area contributed by atoms with Crippen molar-refractivity contribution in [1.29, 1.82) is 0 Å². The summed E-state index contributed by atoms with van der Waals surface area (Å²) in [7, 11) is 0. The van der Waals surface area contributed by atoms with Crippen molar-refractivity contribution in [1.82, 2.24) is 15.1 Å². The summed E-state index contributed by atoms with van der Waals surface area (Å²) in [6, 6.07) is 2.03. The number of nitrogens with zero attached hydrogens (tertiary/aromatic N) is 2. The Kier molecular flexibility index (Phi) is 3.64. The molecule has 1 N–H and O–H groups in total. The van der Waals surface area contributed by atoms with Crippen LogP contribution in [0, 0.1) is 0 Å². The van der Waals surface area contributed by atoms with Crippen molar-refractivity contribution in [2.45, 2.75) is 20.0 Å². The van der Waals surface area contributed by atoms with Crippen LogP contribution in [0.2, 0.25) is 5.02 Å². The molecule has 86 valence electrons. The van der Waals surface area contributed by atoms with Crippen molar-refractivity contribution in [2.75, 3.05) is 6.54 Å².